The molecule has 0 saturated heterocycles. The largest absolute Gasteiger partial charge is 0.462 e. The highest BCUT2D eigenvalue weighted by atomic mass is 32.2. The minimum atomic E-state index is -0.433. The zero-order valence-corrected chi connectivity index (χ0v) is 17.1. The summed E-state index contributed by atoms with van der Waals surface area (Å²) in [6.45, 7) is 5.67. The first-order valence-electron chi connectivity index (χ1n) is 8.70. The summed E-state index contributed by atoms with van der Waals surface area (Å²) in [5, 5.41) is 0.737. The number of ether oxygens (including phenoxy) is 1. The maximum atomic E-state index is 12.6. The van der Waals surface area contributed by atoms with E-state index in [0.717, 1.165) is 5.52 Å². The van der Waals surface area contributed by atoms with E-state index in [0.29, 0.717) is 37.3 Å². The number of thiophene rings is 1. The first-order valence-corrected chi connectivity index (χ1v) is 10.4. The van der Waals surface area contributed by atoms with Gasteiger partial charge in [-0.3, -0.25) is 4.79 Å². The van der Waals surface area contributed by atoms with Crippen LogP contribution in [0.2, 0.25) is 0 Å². The van der Waals surface area contributed by atoms with Crippen molar-refractivity contribution < 1.29 is 13.9 Å². The van der Waals surface area contributed by atoms with E-state index < -0.39 is 5.97 Å². The number of fused-ring (bicyclic) bond motifs is 2. The molecular weight excluding hydrogens is 398 g/mol. The molecule has 0 radical (unpaired) electrons. The second-order valence-electron chi connectivity index (χ2n) is 6.12. The van der Waals surface area contributed by atoms with Crippen LogP contribution in [-0.2, 0) is 4.74 Å². The number of oxazole rings is 1. The molecule has 1 aromatic carbocycles. The molecule has 1 atom stereocenters. The van der Waals surface area contributed by atoms with Gasteiger partial charge in [0.15, 0.2) is 5.58 Å². The Balaban J connectivity index is 1.68. The number of benzene rings is 1. The number of aromatic nitrogens is 3. The van der Waals surface area contributed by atoms with Crippen molar-refractivity contribution in [1.82, 2.24) is 15.0 Å². The van der Waals surface area contributed by atoms with Crippen LogP contribution >= 0.6 is 23.1 Å². The summed E-state index contributed by atoms with van der Waals surface area (Å²) >= 11 is 2.54. The molecule has 28 heavy (non-hydrogen) atoms. The van der Waals surface area contributed by atoms with Crippen LogP contribution in [0.25, 0.3) is 21.3 Å². The molecule has 0 fully saturated rings. The number of carbonyl (C=O) groups is 1. The van der Waals surface area contributed by atoms with Gasteiger partial charge in [0, 0.05) is 0 Å². The van der Waals surface area contributed by atoms with Gasteiger partial charge in [-0.25, -0.2) is 14.8 Å². The van der Waals surface area contributed by atoms with Crippen LogP contribution in [0.15, 0.2) is 38.7 Å². The summed E-state index contributed by atoms with van der Waals surface area (Å²) in [7, 11) is 0. The molecule has 1 N–H and O–H groups in total. The van der Waals surface area contributed by atoms with Crippen LogP contribution in [0, 0.1) is 6.92 Å². The molecular formula is C19H17N3O4S2. The Hall–Kier alpha value is -2.65. The van der Waals surface area contributed by atoms with Crippen molar-refractivity contribution in [3.63, 3.8) is 0 Å². The molecule has 3 heterocycles. The molecule has 0 bridgehead atoms. The number of para-hydroxylation sites is 2. The summed E-state index contributed by atoms with van der Waals surface area (Å²) in [6, 6.07) is 7.52. The van der Waals surface area contributed by atoms with Crippen LogP contribution in [0.4, 0.5) is 0 Å². The third-order valence-electron chi connectivity index (χ3n) is 4.22. The molecule has 0 aliphatic heterocycles. The van der Waals surface area contributed by atoms with Gasteiger partial charge >= 0.3 is 5.97 Å². The lowest BCUT2D eigenvalue weighted by Crippen LogP contribution is -2.12. The molecule has 9 heteroatoms. The topological polar surface area (TPSA) is 98.1 Å². The van der Waals surface area contributed by atoms with Gasteiger partial charge in [0.1, 0.15) is 21.0 Å². The van der Waals surface area contributed by atoms with Crippen LogP contribution in [0.1, 0.15) is 40.2 Å². The number of aromatic amines is 1. The normalized spacial score (nSPS) is 12.5. The molecule has 3 aromatic heterocycles. The van der Waals surface area contributed by atoms with Crippen LogP contribution in [0.3, 0.4) is 0 Å². The fourth-order valence-corrected chi connectivity index (χ4v) is 4.75. The average molecular weight is 415 g/mol. The first kappa shape index (κ1) is 18.7. The highest BCUT2D eigenvalue weighted by molar-refractivity contribution is 7.99. The quantitative estimate of drug-likeness (QED) is 0.379. The highest BCUT2D eigenvalue weighted by Gasteiger charge is 2.22. The van der Waals surface area contributed by atoms with E-state index in [9.17, 15) is 9.59 Å². The molecule has 7 nitrogen and oxygen atoms in total. The fourth-order valence-electron chi connectivity index (χ4n) is 2.85. The summed E-state index contributed by atoms with van der Waals surface area (Å²) in [5.74, 6) is 0.0688. The number of nitrogens with one attached hydrogen (secondary N) is 1. The summed E-state index contributed by atoms with van der Waals surface area (Å²) in [4.78, 5) is 37.5. The summed E-state index contributed by atoms with van der Waals surface area (Å²) < 4.78 is 10.8. The SMILES string of the molecule is CCOC(=O)c1sc2nc([C@H](C)Sc3nc4ccccc4o3)[nH]c(=O)c2c1C. The zero-order valence-electron chi connectivity index (χ0n) is 15.4. The van der Waals surface area contributed by atoms with Gasteiger partial charge in [0.2, 0.25) is 0 Å². The molecule has 0 unspecified atom stereocenters. The first-order chi connectivity index (χ1) is 13.5. The lowest BCUT2D eigenvalue weighted by molar-refractivity contribution is 0.0531. The fraction of sp³-hybridized carbons (Fsp3) is 0.263. The van der Waals surface area contributed by atoms with Gasteiger partial charge in [-0.2, -0.15) is 0 Å². The average Bonchev–Trinajstić information content (AvgIpc) is 3.22. The van der Waals surface area contributed by atoms with E-state index in [1.165, 1.54) is 23.1 Å². The number of hydrogen-bond donors (Lipinski definition) is 1. The zero-order chi connectivity index (χ0) is 19.8. The highest BCUT2D eigenvalue weighted by Crippen LogP contribution is 2.35. The molecule has 4 aromatic rings. The Labute approximate surface area is 168 Å². The van der Waals surface area contributed by atoms with Crippen molar-refractivity contribution >= 4 is 50.4 Å². The molecule has 0 saturated carbocycles. The van der Waals surface area contributed by atoms with Crippen molar-refractivity contribution in [3.05, 3.63) is 50.9 Å². The number of aryl methyl sites for hydroxylation is 1. The molecule has 0 aliphatic carbocycles. The Morgan fingerprint density at radius 1 is 1.36 bits per heavy atom. The van der Waals surface area contributed by atoms with Crippen LogP contribution in [-0.4, -0.2) is 27.5 Å². The van der Waals surface area contributed by atoms with Crippen LogP contribution in [0.5, 0.6) is 0 Å². The third-order valence-corrected chi connectivity index (χ3v) is 6.34. The molecule has 0 spiro atoms. The Kier molecular flexibility index (Phi) is 4.94. The number of H-pyrrole nitrogens is 1. The third kappa shape index (κ3) is 3.31. The van der Waals surface area contributed by atoms with Gasteiger partial charge in [0.25, 0.3) is 10.8 Å². The number of nitrogens with zero attached hydrogens (tertiary/aromatic N) is 2. The van der Waals surface area contributed by atoms with E-state index in [1.807, 2.05) is 31.2 Å². The van der Waals surface area contributed by atoms with Gasteiger partial charge < -0.3 is 14.1 Å². The number of thioether (sulfide) groups is 1. The Bertz CT molecular complexity index is 1210. The summed E-state index contributed by atoms with van der Waals surface area (Å²) in [5.41, 5.74) is 1.82. The van der Waals surface area contributed by atoms with E-state index >= 15 is 0 Å². The van der Waals surface area contributed by atoms with Crippen molar-refractivity contribution in [2.24, 2.45) is 0 Å². The van der Waals surface area contributed by atoms with Gasteiger partial charge in [-0.15, -0.1) is 11.3 Å². The lowest BCUT2D eigenvalue weighted by atomic mass is 10.2. The van der Waals surface area contributed by atoms with E-state index in [2.05, 4.69) is 15.0 Å². The number of esters is 1. The predicted molar refractivity (Wildman–Crippen MR) is 109 cm³/mol. The second kappa shape index (κ2) is 7.40. The van der Waals surface area contributed by atoms with Gasteiger partial charge in [-0.1, -0.05) is 23.9 Å². The van der Waals surface area contributed by atoms with Crippen molar-refractivity contribution in [3.8, 4) is 0 Å². The Morgan fingerprint density at radius 3 is 2.89 bits per heavy atom. The van der Waals surface area contributed by atoms with Crippen LogP contribution < -0.4 is 5.56 Å². The monoisotopic (exact) mass is 415 g/mol. The minimum absolute atomic E-state index is 0.196. The van der Waals surface area contributed by atoms with E-state index in [1.54, 1.807) is 13.8 Å². The van der Waals surface area contributed by atoms with E-state index in [-0.39, 0.29) is 17.4 Å². The van der Waals surface area contributed by atoms with Crippen molar-refractivity contribution in [2.45, 2.75) is 31.2 Å². The minimum Gasteiger partial charge on any atom is -0.462 e. The van der Waals surface area contributed by atoms with Gasteiger partial charge in [0.05, 0.1) is 17.2 Å². The number of hydrogen-bond acceptors (Lipinski definition) is 8. The number of rotatable bonds is 5. The summed E-state index contributed by atoms with van der Waals surface area (Å²) in [6.07, 6.45) is 0. The number of carbonyl (C=O) groups excluding carboxylic acids is 1. The lowest BCUT2D eigenvalue weighted by Gasteiger charge is -2.07. The van der Waals surface area contributed by atoms with Crippen molar-refractivity contribution in [2.75, 3.05) is 6.61 Å². The maximum absolute atomic E-state index is 12.6. The molecule has 0 amide bonds. The molecule has 0 aliphatic rings. The second-order valence-corrected chi connectivity index (χ2v) is 8.41. The van der Waals surface area contributed by atoms with Gasteiger partial charge in [-0.05, 0) is 38.5 Å². The standard InChI is InChI=1S/C19H17N3O4S2/c1-4-25-18(24)14-9(2)13-16(23)21-15(22-17(13)28-14)10(3)27-19-20-11-7-5-6-8-12(11)26-19/h5-8,10H,4H2,1-3H3,(H,21,22,23)/t10-/m0/s1. The smallest absolute Gasteiger partial charge is 0.348 e. The Morgan fingerprint density at radius 2 is 2.14 bits per heavy atom. The maximum Gasteiger partial charge on any atom is 0.348 e. The van der Waals surface area contributed by atoms with Crippen molar-refractivity contribution in [1.29, 1.82) is 0 Å². The molecule has 144 valence electrons. The van der Waals surface area contributed by atoms with E-state index in [4.69, 9.17) is 9.15 Å². The predicted octanol–water partition coefficient (Wildman–Crippen LogP) is 4.46. The molecule has 4 rings (SSSR count).